The van der Waals surface area contributed by atoms with Crippen molar-refractivity contribution < 1.29 is 13.3 Å². The predicted molar refractivity (Wildman–Crippen MR) is 119 cm³/mol. The van der Waals surface area contributed by atoms with Gasteiger partial charge in [0.05, 0.1) is 20.4 Å². The number of benzene rings is 2. The SMILES string of the molecule is CN(Cc1cn(-c2ccccc2)nc1-c1cccs1)S(=O)(=O)c1ccc([N+](=O)[O-])cc1. The quantitative estimate of drug-likeness (QED) is 0.306. The molecule has 0 unspecified atom stereocenters. The molecule has 10 heteroatoms. The van der Waals surface area contributed by atoms with Crippen molar-refractivity contribution in [3.63, 3.8) is 0 Å². The molecule has 0 N–H and O–H groups in total. The van der Waals surface area contributed by atoms with E-state index in [1.807, 2.05) is 54.0 Å². The third kappa shape index (κ3) is 4.26. The molecule has 31 heavy (non-hydrogen) atoms. The zero-order valence-electron chi connectivity index (χ0n) is 16.5. The molecule has 0 aliphatic heterocycles. The van der Waals surface area contributed by atoms with Crippen molar-refractivity contribution in [1.29, 1.82) is 0 Å². The largest absolute Gasteiger partial charge is 0.269 e. The first-order chi connectivity index (χ1) is 14.9. The van der Waals surface area contributed by atoms with Gasteiger partial charge in [-0.3, -0.25) is 10.1 Å². The highest BCUT2D eigenvalue weighted by atomic mass is 32.2. The van der Waals surface area contributed by atoms with E-state index in [-0.39, 0.29) is 17.1 Å². The van der Waals surface area contributed by atoms with Crippen molar-refractivity contribution in [1.82, 2.24) is 14.1 Å². The highest BCUT2D eigenvalue weighted by Gasteiger charge is 2.24. The molecular weight excluding hydrogens is 436 g/mol. The normalized spacial score (nSPS) is 11.7. The fourth-order valence-electron chi connectivity index (χ4n) is 3.10. The zero-order chi connectivity index (χ0) is 22.0. The van der Waals surface area contributed by atoms with Gasteiger partial charge in [-0.25, -0.2) is 13.1 Å². The van der Waals surface area contributed by atoms with Crippen LogP contribution < -0.4 is 0 Å². The van der Waals surface area contributed by atoms with Crippen LogP contribution in [0.4, 0.5) is 5.69 Å². The Morgan fingerprint density at radius 3 is 2.39 bits per heavy atom. The van der Waals surface area contributed by atoms with E-state index < -0.39 is 14.9 Å². The summed E-state index contributed by atoms with van der Waals surface area (Å²) in [5, 5.41) is 17.5. The van der Waals surface area contributed by atoms with Crippen molar-refractivity contribution in [2.75, 3.05) is 7.05 Å². The van der Waals surface area contributed by atoms with E-state index >= 15 is 0 Å². The highest BCUT2D eigenvalue weighted by molar-refractivity contribution is 7.89. The molecule has 2 aromatic heterocycles. The fraction of sp³-hybridized carbons (Fsp3) is 0.0952. The maximum atomic E-state index is 13.0. The minimum absolute atomic E-state index is 0.00581. The average Bonchev–Trinajstić information content (AvgIpc) is 3.44. The molecule has 0 aliphatic rings. The maximum Gasteiger partial charge on any atom is 0.269 e. The molecule has 0 spiro atoms. The van der Waals surface area contributed by atoms with E-state index in [9.17, 15) is 18.5 Å². The lowest BCUT2D eigenvalue weighted by atomic mass is 10.2. The van der Waals surface area contributed by atoms with Crippen molar-refractivity contribution in [3.8, 4) is 16.3 Å². The van der Waals surface area contributed by atoms with Crippen LogP contribution in [-0.4, -0.2) is 34.5 Å². The lowest BCUT2D eigenvalue weighted by Crippen LogP contribution is -2.26. The first-order valence-corrected chi connectivity index (χ1v) is 11.6. The number of nitrogens with zero attached hydrogens (tertiary/aromatic N) is 4. The molecule has 0 fully saturated rings. The van der Waals surface area contributed by atoms with E-state index in [2.05, 4.69) is 0 Å². The Bertz CT molecular complexity index is 1300. The number of para-hydroxylation sites is 1. The molecule has 8 nitrogen and oxygen atoms in total. The van der Waals surface area contributed by atoms with Gasteiger partial charge in [0.1, 0.15) is 5.69 Å². The van der Waals surface area contributed by atoms with Gasteiger partial charge in [0, 0.05) is 37.5 Å². The number of hydrogen-bond acceptors (Lipinski definition) is 6. The van der Waals surface area contributed by atoms with Crippen LogP contribution in [0.15, 0.2) is 83.2 Å². The van der Waals surface area contributed by atoms with Crippen LogP contribution in [0.25, 0.3) is 16.3 Å². The summed E-state index contributed by atoms with van der Waals surface area (Å²) in [5.41, 5.74) is 2.17. The molecule has 2 heterocycles. The Hall–Kier alpha value is -3.34. The number of hydrogen-bond donors (Lipinski definition) is 0. The third-order valence-corrected chi connectivity index (χ3v) is 7.41. The first-order valence-electron chi connectivity index (χ1n) is 9.25. The molecule has 4 rings (SSSR count). The summed E-state index contributed by atoms with van der Waals surface area (Å²) in [7, 11) is -2.36. The van der Waals surface area contributed by atoms with E-state index in [0.717, 1.165) is 16.1 Å². The van der Waals surface area contributed by atoms with Crippen LogP contribution in [0.2, 0.25) is 0 Å². The molecule has 0 saturated carbocycles. The van der Waals surface area contributed by atoms with E-state index in [1.54, 1.807) is 4.68 Å². The number of thiophene rings is 1. The van der Waals surface area contributed by atoms with Gasteiger partial charge in [-0.1, -0.05) is 24.3 Å². The molecule has 2 aromatic carbocycles. The number of nitro groups is 1. The average molecular weight is 455 g/mol. The summed E-state index contributed by atoms with van der Waals surface area (Å²) in [6.45, 7) is 0.0966. The van der Waals surface area contributed by atoms with Crippen molar-refractivity contribution in [2.45, 2.75) is 11.4 Å². The summed E-state index contributed by atoms with van der Waals surface area (Å²) >= 11 is 1.53. The van der Waals surface area contributed by atoms with E-state index in [4.69, 9.17) is 5.10 Å². The van der Waals surface area contributed by atoms with Crippen LogP contribution in [-0.2, 0) is 16.6 Å². The van der Waals surface area contributed by atoms with Crippen LogP contribution in [0.1, 0.15) is 5.56 Å². The van der Waals surface area contributed by atoms with Crippen LogP contribution in [0, 0.1) is 10.1 Å². The van der Waals surface area contributed by atoms with E-state index in [1.165, 1.54) is 47.0 Å². The molecule has 0 saturated heterocycles. The fourth-order valence-corrected chi connectivity index (χ4v) is 5.00. The van der Waals surface area contributed by atoms with Gasteiger partial charge in [0.2, 0.25) is 10.0 Å². The summed E-state index contributed by atoms with van der Waals surface area (Å²) in [5.74, 6) is 0. The van der Waals surface area contributed by atoms with Crippen LogP contribution in [0.5, 0.6) is 0 Å². The van der Waals surface area contributed by atoms with Gasteiger partial charge in [0.25, 0.3) is 5.69 Å². The molecule has 158 valence electrons. The third-order valence-electron chi connectivity index (χ3n) is 4.71. The lowest BCUT2D eigenvalue weighted by Gasteiger charge is -2.17. The first kappa shape index (κ1) is 20.9. The van der Waals surface area contributed by atoms with E-state index in [0.29, 0.717) is 5.69 Å². The lowest BCUT2D eigenvalue weighted by molar-refractivity contribution is -0.384. The van der Waals surface area contributed by atoms with Crippen LogP contribution >= 0.6 is 11.3 Å². The summed E-state index contributed by atoms with van der Waals surface area (Å²) in [6.07, 6.45) is 1.83. The van der Waals surface area contributed by atoms with Crippen molar-refractivity contribution in [2.24, 2.45) is 0 Å². The number of sulfonamides is 1. The van der Waals surface area contributed by atoms with Gasteiger partial charge >= 0.3 is 0 Å². The predicted octanol–water partition coefficient (Wildman–Crippen LogP) is 4.33. The summed E-state index contributed by atoms with van der Waals surface area (Å²) in [4.78, 5) is 11.2. The summed E-state index contributed by atoms with van der Waals surface area (Å²) in [6, 6.07) is 18.3. The second-order valence-corrected chi connectivity index (χ2v) is 9.77. The van der Waals surface area contributed by atoms with Gasteiger partial charge in [-0.05, 0) is 35.7 Å². The molecule has 0 amide bonds. The molecule has 0 atom stereocenters. The van der Waals surface area contributed by atoms with Crippen molar-refractivity contribution >= 4 is 27.0 Å². The van der Waals surface area contributed by atoms with Gasteiger partial charge in [-0.15, -0.1) is 11.3 Å². The second kappa shape index (κ2) is 8.42. The Balaban J connectivity index is 1.67. The number of aromatic nitrogens is 2. The summed E-state index contributed by atoms with van der Waals surface area (Å²) < 4.78 is 29.0. The molecule has 0 radical (unpaired) electrons. The standard InChI is InChI=1S/C21H18N4O4S2/c1-23(31(28,29)19-11-9-18(10-12-19)25(26)27)14-16-15-24(17-6-3-2-4-7-17)22-21(16)20-8-5-13-30-20/h2-13,15H,14H2,1H3. The van der Waals surface area contributed by atoms with Gasteiger partial charge in [0.15, 0.2) is 0 Å². The Morgan fingerprint density at radius 1 is 1.06 bits per heavy atom. The molecule has 0 aliphatic carbocycles. The smallest absolute Gasteiger partial charge is 0.258 e. The maximum absolute atomic E-state index is 13.0. The van der Waals surface area contributed by atoms with Gasteiger partial charge < -0.3 is 0 Å². The topological polar surface area (TPSA) is 98.3 Å². The highest BCUT2D eigenvalue weighted by Crippen LogP contribution is 2.29. The van der Waals surface area contributed by atoms with Gasteiger partial charge in [-0.2, -0.15) is 9.40 Å². The van der Waals surface area contributed by atoms with Crippen molar-refractivity contribution in [3.05, 3.63) is 94.0 Å². The second-order valence-electron chi connectivity index (χ2n) is 6.77. The molecular formula is C21H18N4O4S2. The number of nitro benzene ring substituents is 1. The minimum Gasteiger partial charge on any atom is -0.258 e. The minimum atomic E-state index is -3.84. The molecule has 0 bridgehead atoms. The zero-order valence-corrected chi connectivity index (χ0v) is 18.1. The van der Waals surface area contributed by atoms with Crippen LogP contribution in [0.3, 0.4) is 0 Å². The Kier molecular flexibility index (Phi) is 5.68. The number of non-ortho nitro benzene ring substituents is 1. The Morgan fingerprint density at radius 2 is 1.77 bits per heavy atom. The monoisotopic (exact) mass is 454 g/mol. The number of rotatable bonds is 7. The molecule has 4 aromatic rings. The Labute approximate surface area is 183 Å².